The topological polar surface area (TPSA) is 17.1 Å². The van der Waals surface area contributed by atoms with E-state index in [1.54, 1.807) is 0 Å². The van der Waals surface area contributed by atoms with Crippen molar-refractivity contribution in [3.05, 3.63) is 11.6 Å². The summed E-state index contributed by atoms with van der Waals surface area (Å²) < 4.78 is 0. The minimum absolute atomic E-state index is 0.377. The summed E-state index contributed by atoms with van der Waals surface area (Å²) in [5.74, 6) is 0.867. The van der Waals surface area contributed by atoms with Crippen molar-refractivity contribution in [2.75, 3.05) is 0 Å². The molecule has 78 valence electrons. The van der Waals surface area contributed by atoms with Gasteiger partial charge in [0.2, 0.25) is 0 Å². The second-order valence-electron chi connectivity index (χ2n) is 4.67. The van der Waals surface area contributed by atoms with Gasteiger partial charge >= 0.3 is 0 Å². The molecule has 0 aromatic carbocycles. The lowest BCUT2D eigenvalue weighted by atomic mass is 9.91. The zero-order valence-electron chi connectivity index (χ0n) is 8.93. The summed E-state index contributed by atoms with van der Waals surface area (Å²) in [6.45, 7) is 0. The summed E-state index contributed by atoms with van der Waals surface area (Å²) in [7, 11) is 0. The molecule has 0 radical (unpaired) electrons. The Labute approximate surface area is 86.6 Å². The average Bonchev–Trinajstić information content (AvgIpc) is 2.59. The summed E-state index contributed by atoms with van der Waals surface area (Å²) in [5, 5.41) is 0. The van der Waals surface area contributed by atoms with Crippen molar-refractivity contribution in [3.63, 3.8) is 0 Å². The monoisotopic (exact) mass is 192 g/mol. The van der Waals surface area contributed by atoms with E-state index in [1.165, 1.54) is 32.1 Å². The molecule has 14 heavy (non-hydrogen) atoms. The van der Waals surface area contributed by atoms with Gasteiger partial charge in [-0.3, -0.25) is 4.79 Å². The van der Waals surface area contributed by atoms with Gasteiger partial charge in [0.05, 0.1) is 0 Å². The highest BCUT2D eigenvalue weighted by Gasteiger charge is 2.23. The standard InChI is InChI=1S/C13H20O/c14-13(12-9-5-6-10-12)11-7-3-1-2-4-8-11/h9,11H,1-8,10H2. The Morgan fingerprint density at radius 3 is 2.36 bits per heavy atom. The first kappa shape index (κ1) is 9.95. The van der Waals surface area contributed by atoms with Gasteiger partial charge in [-0.25, -0.2) is 0 Å². The summed E-state index contributed by atoms with van der Waals surface area (Å²) in [4.78, 5) is 12.1. The maximum atomic E-state index is 12.1. The van der Waals surface area contributed by atoms with E-state index in [4.69, 9.17) is 0 Å². The highest BCUT2D eigenvalue weighted by Crippen LogP contribution is 2.29. The van der Waals surface area contributed by atoms with E-state index < -0.39 is 0 Å². The quantitative estimate of drug-likeness (QED) is 0.610. The number of carbonyl (C=O) groups excluding carboxylic acids is 1. The SMILES string of the molecule is O=C(C1=CCCC1)C1CCCCCC1. The van der Waals surface area contributed by atoms with Crippen LogP contribution in [-0.2, 0) is 4.79 Å². The zero-order chi connectivity index (χ0) is 9.80. The van der Waals surface area contributed by atoms with Gasteiger partial charge in [0.1, 0.15) is 0 Å². The molecule has 2 aliphatic carbocycles. The number of Topliss-reactive ketones (excluding diaryl/α,β-unsaturated/α-hetero) is 1. The lowest BCUT2D eigenvalue weighted by molar-refractivity contribution is -0.119. The normalized spacial score (nSPS) is 24.4. The number of ketones is 1. The molecule has 2 rings (SSSR count). The van der Waals surface area contributed by atoms with Gasteiger partial charge in [-0.1, -0.05) is 31.8 Å². The van der Waals surface area contributed by atoms with Gasteiger partial charge in [0.25, 0.3) is 0 Å². The lowest BCUT2D eigenvalue weighted by Crippen LogP contribution is -2.15. The molecule has 0 aliphatic heterocycles. The molecule has 0 spiro atoms. The van der Waals surface area contributed by atoms with Gasteiger partial charge in [-0.15, -0.1) is 0 Å². The summed E-state index contributed by atoms with van der Waals surface area (Å²) in [6, 6.07) is 0. The fourth-order valence-electron chi connectivity index (χ4n) is 2.70. The molecule has 0 bridgehead atoms. The van der Waals surface area contributed by atoms with E-state index in [9.17, 15) is 4.79 Å². The first-order valence-corrected chi connectivity index (χ1v) is 6.11. The van der Waals surface area contributed by atoms with Crippen LogP contribution in [0, 0.1) is 5.92 Å². The van der Waals surface area contributed by atoms with Crippen LogP contribution in [0.15, 0.2) is 11.6 Å². The van der Waals surface area contributed by atoms with Gasteiger partial charge in [0.15, 0.2) is 5.78 Å². The van der Waals surface area contributed by atoms with E-state index in [-0.39, 0.29) is 0 Å². The summed E-state index contributed by atoms with van der Waals surface area (Å²) in [5.41, 5.74) is 1.15. The molecule has 0 aromatic rings. The number of hydrogen-bond donors (Lipinski definition) is 0. The molecule has 2 aliphatic rings. The van der Waals surface area contributed by atoms with Crippen molar-refractivity contribution in [2.24, 2.45) is 5.92 Å². The molecule has 0 heterocycles. The Morgan fingerprint density at radius 1 is 1.07 bits per heavy atom. The molecule has 0 amide bonds. The number of allylic oxidation sites excluding steroid dienone is 2. The lowest BCUT2D eigenvalue weighted by Gasteiger charge is -2.12. The molecule has 0 N–H and O–H groups in total. The zero-order valence-corrected chi connectivity index (χ0v) is 8.93. The second kappa shape index (κ2) is 4.77. The molecular weight excluding hydrogens is 172 g/mol. The average molecular weight is 192 g/mol. The molecule has 1 saturated carbocycles. The van der Waals surface area contributed by atoms with Gasteiger partial charge in [-0.05, 0) is 37.7 Å². The van der Waals surface area contributed by atoms with Crippen molar-refractivity contribution in [1.82, 2.24) is 0 Å². The smallest absolute Gasteiger partial charge is 0.161 e. The largest absolute Gasteiger partial charge is 0.294 e. The number of carbonyl (C=O) groups is 1. The molecule has 0 unspecified atom stereocenters. The van der Waals surface area contributed by atoms with Gasteiger partial charge in [0, 0.05) is 5.92 Å². The van der Waals surface area contributed by atoms with Crippen LogP contribution in [0.3, 0.4) is 0 Å². The third-order valence-electron chi connectivity index (χ3n) is 3.58. The Hall–Kier alpha value is -0.590. The highest BCUT2D eigenvalue weighted by molar-refractivity contribution is 5.97. The Bertz CT molecular complexity index is 232. The van der Waals surface area contributed by atoms with Crippen LogP contribution in [-0.4, -0.2) is 5.78 Å². The summed E-state index contributed by atoms with van der Waals surface area (Å²) >= 11 is 0. The maximum absolute atomic E-state index is 12.1. The first-order valence-electron chi connectivity index (χ1n) is 6.11. The minimum atomic E-state index is 0.377. The summed E-state index contributed by atoms with van der Waals surface area (Å²) in [6.07, 6.45) is 13.1. The number of hydrogen-bond acceptors (Lipinski definition) is 1. The van der Waals surface area contributed by atoms with Crippen molar-refractivity contribution in [1.29, 1.82) is 0 Å². The van der Waals surface area contributed by atoms with Crippen molar-refractivity contribution in [2.45, 2.75) is 57.8 Å². The van der Waals surface area contributed by atoms with Crippen LogP contribution in [0.4, 0.5) is 0 Å². The fourth-order valence-corrected chi connectivity index (χ4v) is 2.70. The molecule has 1 fully saturated rings. The Morgan fingerprint density at radius 2 is 1.79 bits per heavy atom. The molecule has 1 heteroatoms. The van der Waals surface area contributed by atoms with Crippen molar-refractivity contribution < 1.29 is 4.79 Å². The molecule has 1 nitrogen and oxygen atoms in total. The van der Waals surface area contributed by atoms with E-state index in [0.29, 0.717) is 11.7 Å². The van der Waals surface area contributed by atoms with Crippen molar-refractivity contribution in [3.8, 4) is 0 Å². The predicted octanol–water partition coefficient (Wildman–Crippen LogP) is 3.64. The third kappa shape index (κ3) is 2.26. The van der Waals surface area contributed by atoms with E-state index in [0.717, 1.165) is 31.3 Å². The van der Waals surface area contributed by atoms with E-state index in [2.05, 4.69) is 6.08 Å². The van der Waals surface area contributed by atoms with Crippen LogP contribution in [0.1, 0.15) is 57.8 Å². The second-order valence-corrected chi connectivity index (χ2v) is 4.67. The van der Waals surface area contributed by atoms with Crippen LogP contribution in [0.5, 0.6) is 0 Å². The molecule has 0 atom stereocenters. The van der Waals surface area contributed by atoms with E-state index >= 15 is 0 Å². The van der Waals surface area contributed by atoms with Crippen molar-refractivity contribution >= 4 is 5.78 Å². The fraction of sp³-hybridized carbons (Fsp3) is 0.769. The van der Waals surface area contributed by atoms with E-state index in [1.807, 2.05) is 0 Å². The Balaban J connectivity index is 1.95. The molecular formula is C13H20O. The maximum Gasteiger partial charge on any atom is 0.161 e. The molecule has 0 aromatic heterocycles. The first-order chi connectivity index (χ1) is 6.88. The van der Waals surface area contributed by atoms with Crippen LogP contribution in [0.25, 0.3) is 0 Å². The minimum Gasteiger partial charge on any atom is -0.294 e. The van der Waals surface area contributed by atoms with Crippen LogP contribution >= 0.6 is 0 Å². The van der Waals surface area contributed by atoms with Crippen LogP contribution < -0.4 is 0 Å². The molecule has 0 saturated heterocycles. The van der Waals surface area contributed by atoms with Crippen LogP contribution in [0.2, 0.25) is 0 Å². The predicted molar refractivity (Wildman–Crippen MR) is 58.1 cm³/mol. The number of rotatable bonds is 2. The Kier molecular flexibility index (Phi) is 3.39. The third-order valence-corrected chi connectivity index (χ3v) is 3.58. The van der Waals surface area contributed by atoms with Gasteiger partial charge < -0.3 is 0 Å². The van der Waals surface area contributed by atoms with Gasteiger partial charge in [-0.2, -0.15) is 0 Å². The highest BCUT2D eigenvalue weighted by atomic mass is 16.1.